The van der Waals surface area contributed by atoms with Crippen LogP contribution in [0.3, 0.4) is 0 Å². The first kappa shape index (κ1) is 14.8. The van der Waals surface area contributed by atoms with Crippen LogP contribution in [-0.2, 0) is 9.31 Å². The van der Waals surface area contributed by atoms with E-state index in [-0.39, 0.29) is 18.3 Å². The normalized spacial score (nSPS) is 21.2. The summed E-state index contributed by atoms with van der Waals surface area (Å²) in [5, 5.41) is 0.827. The van der Waals surface area contributed by atoms with Crippen molar-refractivity contribution in [1.82, 2.24) is 4.98 Å². The number of rotatable bonds is 3. The van der Waals surface area contributed by atoms with Crippen LogP contribution in [0.4, 0.5) is 0 Å². The summed E-state index contributed by atoms with van der Waals surface area (Å²) in [5.74, 6) is 0. The second kappa shape index (κ2) is 5.39. The van der Waals surface area contributed by atoms with E-state index in [0.717, 1.165) is 16.5 Å². The summed E-state index contributed by atoms with van der Waals surface area (Å²) in [4.78, 5) is 4.39. The summed E-state index contributed by atoms with van der Waals surface area (Å²) >= 11 is 3.35. The van der Waals surface area contributed by atoms with Crippen LogP contribution in [0, 0.1) is 0 Å². The van der Waals surface area contributed by atoms with Crippen molar-refractivity contribution in [3.8, 4) is 0 Å². The molecule has 0 aromatic carbocycles. The van der Waals surface area contributed by atoms with E-state index in [1.54, 1.807) is 0 Å². The third-order valence-corrected chi connectivity index (χ3v) is 4.09. The van der Waals surface area contributed by atoms with Crippen molar-refractivity contribution in [2.24, 2.45) is 0 Å². The highest BCUT2D eigenvalue weighted by atomic mass is 79.9. The van der Waals surface area contributed by atoms with Gasteiger partial charge in [-0.15, -0.1) is 0 Å². The van der Waals surface area contributed by atoms with E-state index in [0.29, 0.717) is 0 Å². The van der Waals surface area contributed by atoms with E-state index in [4.69, 9.17) is 9.31 Å². The Kier molecular flexibility index (Phi) is 4.18. The molecule has 2 heterocycles. The van der Waals surface area contributed by atoms with Gasteiger partial charge in [0.15, 0.2) is 0 Å². The number of nitrogens with zero attached hydrogens (tertiary/aromatic N) is 1. The van der Waals surface area contributed by atoms with Gasteiger partial charge < -0.3 is 9.31 Å². The number of pyridine rings is 1. The molecule has 0 atom stereocenters. The predicted octanol–water partition coefficient (Wildman–Crippen LogP) is 2.79. The van der Waals surface area contributed by atoms with Crippen molar-refractivity contribution in [1.29, 1.82) is 0 Å². The maximum Gasteiger partial charge on any atom is 0.496 e. The first-order valence-corrected chi connectivity index (χ1v) is 7.52. The molecule has 1 aromatic rings. The second-order valence-electron chi connectivity index (χ2n) is 5.66. The van der Waals surface area contributed by atoms with Gasteiger partial charge in [-0.05, 0) is 39.8 Å². The van der Waals surface area contributed by atoms with Gasteiger partial charge >= 0.3 is 7.12 Å². The molecule has 1 aliphatic rings. The van der Waals surface area contributed by atoms with Crippen molar-refractivity contribution >= 4 is 34.6 Å². The van der Waals surface area contributed by atoms with Crippen LogP contribution in [0.1, 0.15) is 33.4 Å². The van der Waals surface area contributed by atoms with Crippen molar-refractivity contribution in [3.05, 3.63) is 30.1 Å². The Bertz CT molecular complexity index is 455. The number of hydrogen-bond donors (Lipinski definition) is 0. The van der Waals surface area contributed by atoms with E-state index in [9.17, 15) is 0 Å². The molecule has 0 amide bonds. The highest BCUT2D eigenvalue weighted by Gasteiger charge is 2.51. The third-order valence-electron chi connectivity index (χ3n) is 3.71. The SMILES string of the molecule is CC1(C)OB(c2ccc(C=CCBr)nc2)OC1(C)C. The predicted molar refractivity (Wildman–Crippen MR) is 82.8 cm³/mol. The van der Waals surface area contributed by atoms with Gasteiger partial charge in [-0.3, -0.25) is 4.98 Å². The molecular formula is C14H19BBrNO2. The first-order valence-electron chi connectivity index (χ1n) is 6.40. The fourth-order valence-electron chi connectivity index (χ4n) is 1.80. The molecule has 0 saturated carbocycles. The lowest BCUT2D eigenvalue weighted by Gasteiger charge is -2.32. The summed E-state index contributed by atoms with van der Waals surface area (Å²) in [6.07, 6.45) is 5.80. The minimum atomic E-state index is -0.341. The van der Waals surface area contributed by atoms with Gasteiger partial charge in [0.25, 0.3) is 0 Å². The average Bonchev–Trinajstić information content (AvgIpc) is 2.56. The van der Waals surface area contributed by atoms with Crippen LogP contribution in [-0.4, -0.2) is 28.6 Å². The van der Waals surface area contributed by atoms with E-state index in [1.807, 2.05) is 58.2 Å². The molecule has 1 saturated heterocycles. The van der Waals surface area contributed by atoms with Crippen LogP contribution in [0.2, 0.25) is 0 Å². The van der Waals surface area contributed by atoms with Crippen LogP contribution in [0.25, 0.3) is 6.08 Å². The van der Waals surface area contributed by atoms with Crippen molar-refractivity contribution in [2.75, 3.05) is 5.33 Å². The molecule has 0 spiro atoms. The molecule has 0 unspecified atom stereocenters. The Balaban J connectivity index is 2.14. The highest BCUT2D eigenvalue weighted by Crippen LogP contribution is 2.36. The van der Waals surface area contributed by atoms with Gasteiger partial charge in [-0.1, -0.05) is 28.1 Å². The smallest absolute Gasteiger partial charge is 0.399 e. The fourth-order valence-corrected chi connectivity index (χ4v) is 1.99. The van der Waals surface area contributed by atoms with Gasteiger partial charge in [0.1, 0.15) is 0 Å². The minimum absolute atomic E-state index is 0.313. The number of halogens is 1. The zero-order valence-corrected chi connectivity index (χ0v) is 13.4. The Morgan fingerprint density at radius 1 is 1.21 bits per heavy atom. The average molecular weight is 324 g/mol. The molecule has 102 valence electrons. The van der Waals surface area contributed by atoms with Crippen molar-refractivity contribution in [3.63, 3.8) is 0 Å². The molecule has 0 N–H and O–H groups in total. The van der Waals surface area contributed by atoms with Gasteiger partial charge in [0, 0.05) is 17.0 Å². The molecule has 1 aromatic heterocycles. The van der Waals surface area contributed by atoms with Crippen LogP contribution in [0.5, 0.6) is 0 Å². The summed E-state index contributed by atoms with van der Waals surface area (Å²) in [5.41, 5.74) is 1.26. The van der Waals surface area contributed by atoms with Crippen molar-refractivity contribution in [2.45, 2.75) is 38.9 Å². The van der Waals surface area contributed by atoms with Gasteiger partial charge in [0.2, 0.25) is 0 Å². The zero-order chi connectivity index (χ0) is 14.1. The molecule has 5 heteroatoms. The Morgan fingerprint density at radius 3 is 2.32 bits per heavy atom. The second-order valence-corrected chi connectivity index (χ2v) is 6.31. The number of allylic oxidation sites excluding steroid dienone is 1. The monoisotopic (exact) mass is 323 g/mol. The topological polar surface area (TPSA) is 31.4 Å². The Hall–Kier alpha value is -0.645. The maximum absolute atomic E-state index is 5.98. The standard InChI is InChI=1S/C14H19BBrNO2/c1-13(2)14(3,4)19-15(18-13)11-7-8-12(17-10-11)6-5-9-16/h5-8,10H,9H2,1-4H3. The van der Waals surface area contributed by atoms with E-state index in [1.165, 1.54) is 0 Å². The molecule has 3 nitrogen and oxygen atoms in total. The number of alkyl halides is 1. The molecule has 0 radical (unpaired) electrons. The molecule has 19 heavy (non-hydrogen) atoms. The van der Waals surface area contributed by atoms with Gasteiger partial charge in [-0.25, -0.2) is 0 Å². The number of aromatic nitrogens is 1. The molecule has 1 aliphatic heterocycles. The third kappa shape index (κ3) is 3.10. The van der Waals surface area contributed by atoms with E-state index < -0.39 is 0 Å². The van der Waals surface area contributed by atoms with Crippen LogP contribution >= 0.6 is 15.9 Å². The lowest BCUT2D eigenvalue weighted by atomic mass is 9.80. The highest BCUT2D eigenvalue weighted by molar-refractivity contribution is 9.09. The first-order chi connectivity index (χ1) is 8.86. The lowest BCUT2D eigenvalue weighted by Crippen LogP contribution is -2.41. The Labute approximate surface area is 123 Å². The summed E-state index contributed by atoms with van der Waals surface area (Å²) < 4.78 is 12.0. The molecule has 1 fully saturated rings. The van der Waals surface area contributed by atoms with Crippen molar-refractivity contribution < 1.29 is 9.31 Å². The lowest BCUT2D eigenvalue weighted by molar-refractivity contribution is 0.00578. The van der Waals surface area contributed by atoms with Crippen LogP contribution in [0.15, 0.2) is 24.4 Å². The fraction of sp³-hybridized carbons (Fsp3) is 0.500. The summed E-state index contributed by atoms with van der Waals surface area (Å²) in [6, 6.07) is 3.97. The zero-order valence-electron chi connectivity index (χ0n) is 11.8. The summed E-state index contributed by atoms with van der Waals surface area (Å²) in [6.45, 7) is 8.20. The molecular weight excluding hydrogens is 305 g/mol. The van der Waals surface area contributed by atoms with Gasteiger partial charge in [-0.2, -0.15) is 0 Å². The quantitative estimate of drug-likeness (QED) is 0.633. The van der Waals surface area contributed by atoms with E-state index in [2.05, 4.69) is 20.9 Å². The molecule has 0 aliphatic carbocycles. The Morgan fingerprint density at radius 2 is 1.84 bits per heavy atom. The van der Waals surface area contributed by atoms with Gasteiger partial charge in [0.05, 0.1) is 16.9 Å². The largest absolute Gasteiger partial charge is 0.496 e. The summed E-state index contributed by atoms with van der Waals surface area (Å²) in [7, 11) is -0.341. The molecule has 0 bridgehead atoms. The van der Waals surface area contributed by atoms with E-state index >= 15 is 0 Å². The minimum Gasteiger partial charge on any atom is -0.399 e. The van der Waals surface area contributed by atoms with Crippen LogP contribution < -0.4 is 5.46 Å². The molecule has 2 rings (SSSR count). The number of hydrogen-bond acceptors (Lipinski definition) is 3. The maximum atomic E-state index is 5.98.